The van der Waals surface area contributed by atoms with Crippen molar-refractivity contribution in [3.05, 3.63) is 101 Å². The molecule has 0 saturated carbocycles. The van der Waals surface area contributed by atoms with Crippen LogP contribution in [-0.2, 0) is 13.1 Å². The molecule has 0 radical (unpaired) electrons. The van der Waals surface area contributed by atoms with E-state index in [0.717, 1.165) is 11.1 Å². The van der Waals surface area contributed by atoms with E-state index in [0.29, 0.717) is 36.0 Å². The van der Waals surface area contributed by atoms with Crippen LogP contribution in [0.5, 0.6) is 0 Å². The topological polar surface area (TPSA) is 97.7 Å². The summed E-state index contributed by atoms with van der Waals surface area (Å²) in [5, 5.41) is 26.3. The molecule has 0 aliphatic heterocycles. The monoisotopic (exact) mass is 405 g/mol. The number of aromatic nitrogens is 1. The lowest BCUT2D eigenvalue weighted by Crippen LogP contribution is -2.10. The Morgan fingerprint density at radius 3 is 1.65 bits per heavy atom. The fourth-order valence-corrected chi connectivity index (χ4v) is 3.29. The molecule has 0 atom stereocenters. The van der Waals surface area contributed by atoms with E-state index in [4.69, 9.17) is 4.42 Å². The molecule has 31 heavy (non-hydrogen) atoms. The minimum Gasteiger partial charge on any atom is -0.464 e. The smallest absolute Gasteiger partial charge is 0.147 e. The van der Waals surface area contributed by atoms with E-state index in [2.05, 4.69) is 27.8 Å². The summed E-state index contributed by atoms with van der Waals surface area (Å²) in [6.07, 6.45) is 1.52. The summed E-state index contributed by atoms with van der Waals surface area (Å²) in [4.78, 5) is 4.61. The molecule has 2 aromatic carbocycles. The number of furan rings is 1. The predicted octanol–water partition coefficient (Wildman–Crippen LogP) is 5.31. The summed E-state index contributed by atoms with van der Waals surface area (Å²) in [6.45, 7) is 0.980. The summed E-state index contributed by atoms with van der Waals surface area (Å²) < 4.78 is 5.55. The van der Waals surface area contributed by atoms with Crippen LogP contribution < -0.4 is 10.6 Å². The predicted molar refractivity (Wildman–Crippen MR) is 119 cm³/mol. The average Bonchev–Trinajstić information content (AvgIpc) is 3.36. The van der Waals surface area contributed by atoms with E-state index in [1.54, 1.807) is 12.1 Å². The fourth-order valence-electron chi connectivity index (χ4n) is 3.29. The normalized spacial score (nSPS) is 10.1. The van der Waals surface area contributed by atoms with Gasteiger partial charge in [0.15, 0.2) is 0 Å². The van der Waals surface area contributed by atoms with Gasteiger partial charge in [0.05, 0.1) is 11.8 Å². The Bertz CT molecular complexity index is 1160. The highest BCUT2D eigenvalue weighted by Gasteiger charge is 2.23. The molecule has 2 aromatic heterocycles. The van der Waals surface area contributed by atoms with Gasteiger partial charge in [0, 0.05) is 13.1 Å². The Morgan fingerprint density at radius 2 is 1.23 bits per heavy atom. The van der Waals surface area contributed by atoms with Crippen LogP contribution in [0.2, 0.25) is 0 Å². The highest BCUT2D eigenvalue weighted by Crippen LogP contribution is 2.35. The van der Waals surface area contributed by atoms with Crippen molar-refractivity contribution < 1.29 is 4.42 Å². The molecule has 0 aliphatic rings. The molecule has 150 valence electrons. The van der Waals surface area contributed by atoms with Crippen molar-refractivity contribution in [3.8, 4) is 23.5 Å². The van der Waals surface area contributed by atoms with Gasteiger partial charge in [-0.25, -0.2) is 4.98 Å². The lowest BCUT2D eigenvalue weighted by atomic mass is 10.0. The number of hydrogen-bond acceptors (Lipinski definition) is 6. The molecule has 0 saturated heterocycles. The van der Waals surface area contributed by atoms with Crippen LogP contribution in [0, 0.1) is 22.7 Å². The second-order valence-corrected chi connectivity index (χ2v) is 6.81. The Hall–Kier alpha value is -4.55. The summed E-state index contributed by atoms with van der Waals surface area (Å²) in [6, 6.07) is 27.5. The van der Waals surface area contributed by atoms with Gasteiger partial charge in [-0.05, 0) is 23.3 Å². The lowest BCUT2D eigenvalue weighted by molar-refractivity contribution is 0.582. The molecule has 0 spiro atoms. The number of pyridine rings is 1. The number of hydrogen-bond donors (Lipinski definition) is 2. The van der Waals surface area contributed by atoms with Gasteiger partial charge in [0.25, 0.3) is 0 Å². The molecule has 4 aromatic rings. The third kappa shape index (κ3) is 4.39. The van der Waals surface area contributed by atoms with E-state index in [1.807, 2.05) is 60.7 Å². The van der Waals surface area contributed by atoms with Crippen molar-refractivity contribution in [1.82, 2.24) is 4.98 Å². The van der Waals surface area contributed by atoms with Gasteiger partial charge in [-0.3, -0.25) is 0 Å². The third-order valence-corrected chi connectivity index (χ3v) is 4.79. The highest BCUT2D eigenvalue weighted by molar-refractivity contribution is 5.83. The van der Waals surface area contributed by atoms with Crippen LogP contribution in [-0.4, -0.2) is 4.98 Å². The van der Waals surface area contributed by atoms with Crippen molar-refractivity contribution in [1.29, 1.82) is 10.5 Å². The van der Waals surface area contributed by atoms with Gasteiger partial charge < -0.3 is 15.1 Å². The molecule has 0 unspecified atom stereocenters. The van der Waals surface area contributed by atoms with Crippen molar-refractivity contribution in [2.24, 2.45) is 0 Å². The summed E-state index contributed by atoms with van der Waals surface area (Å²) in [5.41, 5.74) is 3.07. The Balaban J connectivity index is 1.77. The Kier molecular flexibility index (Phi) is 5.92. The lowest BCUT2D eigenvalue weighted by Gasteiger charge is -2.16. The van der Waals surface area contributed by atoms with Crippen LogP contribution in [0.1, 0.15) is 22.3 Å². The average molecular weight is 405 g/mol. The first kappa shape index (κ1) is 19.8. The van der Waals surface area contributed by atoms with E-state index in [9.17, 15) is 10.5 Å². The van der Waals surface area contributed by atoms with Crippen molar-refractivity contribution in [3.63, 3.8) is 0 Å². The van der Waals surface area contributed by atoms with Crippen LogP contribution in [0.3, 0.4) is 0 Å². The number of rotatable bonds is 7. The summed E-state index contributed by atoms with van der Waals surface area (Å²) >= 11 is 0. The van der Waals surface area contributed by atoms with Crippen molar-refractivity contribution in [2.75, 3.05) is 10.6 Å². The molecule has 2 N–H and O–H groups in total. The first-order valence-corrected chi connectivity index (χ1v) is 9.78. The number of benzene rings is 2. The fraction of sp³-hybridized carbons (Fsp3) is 0.0800. The second-order valence-electron chi connectivity index (χ2n) is 6.81. The molecule has 6 nitrogen and oxygen atoms in total. The Morgan fingerprint density at radius 1 is 0.710 bits per heavy atom. The van der Waals surface area contributed by atoms with Crippen LogP contribution >= 0.6 is 0 Å². The molecule has 0 bridgehead atoms. The molecule has 2 heterocycles. The van der Waals surface area contributed by atoms with Crippen molar-refractivity contribution in [2.45, 2.75) is 13.1 Å². The van der Waals surface area contributed by atoms with Crippen LogP contribution in [0.4, 0.5) is 11.6 Å². The molecular formula is C25H19N5O. The van der Waals surface area contributed by atoms with E-state index < -0.39 is 0 Å². The highest BCUT2D eigenvalue weighted by atomic mass is 16.3. The van der Waals surface area contributed by atoms with E-state index in [1.165, 1.54) is 6.26 Å². The SMILES string of the molecule is N#Cc1c(NCc2ccccc2)nc(NCc2ccccc2)c(C#N)c1-c1ccco1. The minimum atomic E-state index is 0.271. The van der Waals surface area contributed by atoms with Gasteiger partial charge in [-0.15, -0.1) is 0 Å². The molecule has 6 heteroatoms. The van der Waals surface area contributed by atoms with Crippen molar-refractivity contribution >= 4 is 11.6 Å². The van der Waals surface area contributed by atoms with Gasteiger partial charge in [0.1, 0.15) is 40.7 Å². The van der Waals surface area contributed by atoms with Gasteiger partial charge >= 0.3 is 0 Å². The molecule has 0 fully saturated rings. The first-order valence-electron chi connectivity index (χ1n) is 9.78. The number of nitrogens with zero attached hydrogens (tertiary/aromatic N) is 3. The summed E-state index contributed by atoms with van der Waals surface area (Å²) in [7, 11) is 0. The molecule has 0 aliphatic carbocycles. The Labute approximate surface area is 180 Å². The van der Waals surface area contributed by atoms with Gasteiger partial charge in [-0.1, -0.05) is 60.7 Å². The second kappa shape index (κ2) is 9.30. The van der Waals surface area contributed by atoms with Gasteiger partial charge in [0.2, 0.25) is 0 Å². The zero-order valence-corrected chi connectivity index (χ0v) is 16.7. The van der Waals surface area contributed by atoms with Gasteiger partial charge in [-0.2, -0.15) is 10.5 Å². The summed E-state index contributed by atoms with van der Waals surface area (Å²) in [5.74, 6) is 1.24. The molecular weight excluding hydrogens is 386 g/mol. The number of nitriles is 2. The maximum absolute atomic E-state index is 9.91. The maximum Gasteiger partial charge on any atom is 0.147 e. The largest absolute Gasteiger partial charge is 0.464 e. The minimum absolute atomic E-state index is 0.271. The molecule has 4 rings (SSSR count). The number of anilines is 2. The molecule has 0 amide bonds. The zero-order valence-electron chi connectivity index (χ0n) is 16.7. The van der Waals surface area contributed by atoms with Crippen LogP contribution in [0.15, 0.2) is 83.5 Å². The number of nitrogens with one attached hydrogen (secondary N) is 2. The quantitative estimate of drug-likeness (QED) is 0.432. The maximum atomic E-state index is 9.91. The zero-order chi connectivity index (χ0) is 21.5. The third-order valence-electron chi connectivity index (χ3n) is 4.79. The van der Waals surface area contributed by atoms with E-state index >= 15 is 0 Å². The van der Waals surface area contributed by atoms with Crippen LogP contribution in [0.25, 0.3) is 11.3 Å². The van der Waals surface area contributed by atoms with E-state index in [-0.39, 0.29) is 11.1 Å². The standard InChI is InChI=1S/C25H19N5O/c26-14-20-23(22-12-7-13-31-22)21(15-27)25(29-17-19-10-5-2-6-11-19)30-24(20)28-16-18-8-3-1-4-9-18/h1-13H,16-17H2,(H2,28,29,30). The first-order chi connectivity index (χ1) is 15.3.